The first-order valence-electron chi connectivity index (χ1n) is 6.72. The fourth-order valence-corrected chi connectivity index (χ4v) is 2.85. The highest BCUT2D eigenvalue weighted by atomic mass is 32.2. The maximum atomic E-state index is 6.22. The summed E-state index contributed by atoms with van der Waals surface area (Å²) >= 11 is 1.58. The molecular formula is C16H16N4S. The van der Waals surface area contributed by atoms with Crippen LogP contribution in [0.5, 0.6) is 0 Å². The van der Waals surface area contributed by atoms with Gasteiger partial charge in [-0.15, -0.1) is 0 Å². The maximum absolute atomic E-state index is 6.22. The van der Waals surface area contributed by atoms with E-state index in [1.54, 1.807) is 11.8 Å². The number of H-pyrrole nitrogens is 1. The molecule has 0 bridgehead atoms. The number of nitrogens with zero attached hydrogens (tertiary/aromatic N) is 2. The number of nitrogens with one attached hydrogen (secondary N) is 1. The van der Waals surface area contributed by atoms with E-state index in [1.165, 1.54) is 17.5 Å². The van der Waals surface area contributed by atoms with E-state index in [4.69, 9.17) is 5.73 Å². The molecule has 0 spiro atoms. The summed E-state index contributed by atoms with van der Waals surface area (Å²) in [5.41, 5.74) is 9.76. The van der Waals surface area contributed by atoms with Gasteiger partial charge >= 0.3 is 0 Å². The summed E-state index contributed by atoms with van der Waals surface area (Å²) in [6.45, 7) is 0. The van der Waals surface area contributed by atoms with Crippen LogP contribution in [0.15, 0.2) is 66.1 Å². The van der Waals surface area contributed by atoms with E-state index in [0.29, 0.717) is 0 Å². The minimum absolute atomic E-state index is 0.0232. The van der Waals surface area contributed by atoms with E-state index in [-0.39, 0.29) is 6.04 Å². The quantitative estimate of drug-likeness (QED) is 0.709. The van der Waals surface area contributed by atoms with Crippen LogP contribution in [-0.2, 0) is 0 Å². The van der Waals surface area contributed by atoms with Crippen molar-refractivity contribution in [3.8, 4) is 11.1 Å². The third kappa shape index (κ3) is 3.51. The van der Waals surface area contributed by atoms with Crippen molar-refractivity contribution in [1.82, 2.24) is 15.2 Å². The predicted molar refractivity (Wildman–Crippen MR) is 85.9 cm³/mol. The Morgan fingerprint density at radius 2 is 1.71 bits per heavy atom. The van der Waals surface area contributed by atoms with Gasteiger partial charge in [-0.25, -0.2) is 4.98 Å². The lowest BCUT2D eigenvalue weighted by Gasteiger charge is -2.11. The number of thioether (sulfide) groups is 1. The van der Waals surface area contributed by atoms with Crippen molar-refractivity contribution >= 4 is 11.8 Å². The lowest BCUT2D eigenvalue weighted by atomic mass is 10.0. The molecule has 0 aliphatic rings. The van der Waals surface area contributed by atoms with E-state index in [9.17, 15) is 0 Å². The second-order valence-electron chi connectivity index (χ2n) is 4.70. The van der Waals surface area contributed by atoms with Gasteiger partial charge in [0.25, 0.3) is 0 Å². The summed E-state index contributed by atoms with van der Waals surface area (Å²) < 4.78 is 0. The molecule has 1 atom stereocenters. The summed E-state index contributed by atoms with van der Waals surface area (Å²) in [4.78, 5) is 4.08. The zero-order chi connectivity index (χ0) is 14.5. The Labute approximate surface area is 127 Å². The van der Waals surface area contributed by atoms with Gasteiger partial charge in [-0.3, -0.25) is 5.10 Å². The monoisotopic (exact) mass is 296 g/mol. The van der Waals surface area contributed by atoms with Crippen molar-refractivity contribution in [1.29, 1.82) is 0 Å². The molecule has 3 N–H and O–H groups in total. The van der Waals surface area contributed by atoms with Crippen molar-refractivity contribution in [3.63, 3.8) is 0 Å². The molecule has 1 heterocycles. The Kier molecular flexibility index (Phi) is 4.33. The van der Waals surface area contributed by atoms with Crippen LogP contribution in [0.2, 0.25) is 0 Å². The van der Waals surface area contributed by atoms with Crippen LogP contribution in [0.25, 0.3) is 11.1 Å². The van der Waals surface area contributed by atoms with Gasteiger partial charge in [-0.1, -0.05) is 66.4 Å². The Morgan fingerprint density at radius 1 is 1.00 bits per heavy atom. The first-order valence-corrected chi connectivity index (χ1v) is 7.70. The number of benzene rings is 2. The Bertz CT molecular complexity index is 665. The van der Waals surface area contributed by atoms with E-state index >= 15 is 0 Å². The van der Waals surface area contributed by atoms with Crippen molar-refractivity contribution < 1.29 is 0 Å². The van der Waals surface area contributed by atoms with Crippen LogP contribution in [0.4, 0.5) is 0 Å². The topological polar surface area (TPSA) is 67.6 Å². The second-order valence-corrected chi connectivity index (χ2v) is 5.70. The molecule has 0 saturated heterocycles. The molecule has 3 rings (SSSR count). The largest absolute Gasteiger partial charge is 0.323 e. The SMILES string of the molecule is NC(CSc1ncn[nH]1)c1ccc(-c2ccccc2)cc1. The van der Waals surface area contributed by atoms with Gasteiger partial charge in [-0.2, -0.15) is 5.10 Å². The molecule has 21 heavy (non-hydrogen) atoms. The van der Waals surface area contributed by atoms with Crippen LogP contribution in [0.1, 0.15) is 11.6 Å². The number of hydrogen-bond acceptors (Lipinski definition) is 4. The molecule has 0 aliphatic heterocycles. The Balaban J connectivity index is 1.66. The highest BCUT2D eigenvalue weighted by Crippen LogP contribution is 2.24. The van der Waals surface area contributed by atoms with Crippen molar-refractivity contribution in [2.24, 2.45) is 5.73 Å². The van der Waals surface area contributed by atoms with Crippen LogP contribution in [0, 0.1) is 0 Å². The smallest absolute Gasteiger partial charge is 0.183 e. The van der Waals surface area contributed by atoms with Crippen LogP contribution in [0.3, 0.4) is 0 Å². The summed E-state index contributed by atoms with van der Waals surface area (Å²) in [6.07, 6.45) is 1.50. The molecule has 0 fully saturated rings. The van der Waals surface area contributed by atoms with E-state index < -0.39 is 0 Å². The van der Waals surface area contributed by atoms with Gasteiger partial charge in [0, 0.05) is 11.8 Å². The molecule has 3 aromatic rings. The Morgan fingerprint density at radius 3 is 2.38 bits per heavy atom. The molecule has 1 aromatic heterocycles. The lowest BCUT2D eigenvalue weighted by molar-refractivity contribution is 0.827. The zero-order valence-corrected chi connectivity index (χ0v) is 12.3. The third-order valence-electron chi connectivity index (χ3n) is 3.24. The molecule has 1 unspecified atom stereocenters. The predicted octanol–water partition coefficient (Wildman–Crippen LogP) is 3.26. The van der Waals surface area contributed by atoms with Crippen molar-refractivity contribution in [2.45, 2.75) is 11.2 Å². The van der Waals surface area contributed by atoms with Gasteiger partial charge < -0.3 is 5.73 Å². The first kappa shape index (κ1) is 13.9. The molecule has 0 aliphatic carbocycles. The molecule has 2 aromatic carbocycles. The molecule has 0 amide bonds. The van der Waals surface area contributed by atoms with Crippen molar-refractivity contribution in [3.05, 3.63) is 66.5 Å². The normalized spacial score (nSPS) is 12.2. The van der Waals surface area contributed by atoms with Crippen LogP contribution >= 0.6 is 11.8 Å². The standard InChI is InChI=1S/C16H16N4S/c17-15(10-21-16-18-11-19-20-16)14-8-6-13(7-9-14)12-4-2-1-3-5-12/h1-9,11,15H,10,17H2,(H,18,19,20). The summed E-state index contributed by atoms with van der Waals surface area (Å²) in [7, 11) is 0. The fraction of sp³-hybridized carbons (Fsp3) is 0.125. The minimum atomic E-state index is -0.0232. The van der Waals surface area contributed by atoms with Crippen molar-refractivity contribution in [2.75, 3.05) is 5.75 Å². The van der Waals surface area contributed by atoms with E-state index in [1.807, 2.05) is 18.2 Å². The zero-order valence-electron chi connectivity index (χ0n) is 11.4. The molecule has 4 nitrogen and oxygen atoms in total. The van der Waals surface area contributed by atoms with Gasteiger partial charge in [0.1, 0.15) is 6.33 Å². The molecule has 5 heteroatoms. The van der Waals surface area contributed by atoms with Gasteiger partial charge in [0.15, 0.2) is 5.16 Å². The maximum Gasteiger partial charge on any atom is 0.183 e. The molecular weight excluding hydrogens is 280 g/mol. The first-order chi connectivity index (χ1) is 10.3. The lowest BCUT2D eigenvalue weighted by Crippen LogP contribution is -2.12. The molecule has 0 radical (unpaired) electrons. The number of hydrogen-bond donors (Lipinski definition) is 2. The number of nitrogens with two attached hydrogens (primary N) is 1. The fourth-order valence-electron chi connectivity index (χ4n) is 2.08. The average molecular weight is 296 g/mol. The van der Waals surface area contributed by atoms with E-state index in [2.05, 4.69) is 51.6 Å². The highest BCUT2D eigenvalue weighted by Gasteiger charge is 2.08. The average Bonchev–Trinajstić information content (AvgIpc) is 3.07. The van der Waals surface area contributed by atoms with Crippen LogP contribution in [-0.4, -0.2) is 20.9 Å². The summed E-state index contributed by atoms with van der Waals surface area (Å²) in [6, 6.07) is 18.7. The Hall–Kier alpha value is -2.11. The highest BCUT2D eigenvalue weighted by molar-refractivity contribution is 7.99. The van der Waals surface area contributed by atoms with E-state index in [0.717, 1.165) is 16.5 Å². The number of aromatic nitrogens is 3. The number of aromatic amines is 1. The number of rotatable bonds is 5. The summed E-state index contributed by atoms with van der Waals surface area (Å²) in [5.74, 6) is 0.764. The molecule has 106 valence electrons. The minimum Gasteiger partial charge on any atom is -0.323 e. The van der Waals surface area contributed by atoms with Gasteiger partial charge in [0.2, 0.25) is 0 Å². The molecule has 0 saturated carbocycles. The second kappa shape index (κ2) is 6.56. The summed E-state index contributed by atoms with van der Waals surface area (Å²) in [5, 5.41) is 7.44. The van der Waals surface area contributed by atoms with Crippen LogP contribution < -0.4 is 5.73 Å². The van der Waals surface area contributed by atoms with Gasteiger partial charge in [-0.05, 0) is 16.7 Å². The third-order valence-corrected chi connectivity index (χ3v) is 4.23. The van der Waals surface area contributed by atoms with Gasteiger partial charge in [0.05, 0.1) is 0 Å².